The smallest absolute Gasteiger partial charge is 0.410 e. The van der Waals surface area contributed by atoms with Crippen LogP contribution in [0.15, 0.2) is 29.2 Å². The molecule has 0 radical (unpaired) electrons. The van der Waals surface area contributed by atoms with E-state index < -0.39 is 21.7 Å². The van der Waals surface area contributed by atoms with Crippen molar-refractivity contribution in [2.24, 2.45) is 0 Å². The molecule has 1 aliphatic rings. The molecule has 0 N–H and O–H groups in total. The summed E-state index contributed by atoms with van der Waals surface area (Å²) in [4.78, 5) is 13.6. The predicted octanol–water partition coefficient (Wildman–Crippen LogP) is 2.58. The maximum Gasteiger partial charge on any atom is 0.410 e. The molecule has 0 unspecified atom stereocenters. The zero-order valence-electron chi connectivity index (χ0n) is 13.5. The molecule has 0 saturated carbocycles. The fraction of sp³-hybridized carbons (Fsp3) is 0.533. The Balaban J connectivity index is 2.04. The van der Waals surface area contributed by atoms with E-state index in [1.165, 1.54) is 15.3 Å². The second-order valence-corrected chi connectivity index (χ2v) is 8.62. The first kappa shape index (κ1) is 18.0. The number of hydrogen-bond acceptors (Lipinski definition) is 4. The van der Waals surface area contributed by atoms with Crippen molar-refractivity contribution < 1.29 is 17.9 Å². The van der Waals surface area contributed by atoms with Crippen LogP contribution in [0.2, 0.25) is 5.02 Å². The summed E-state index contributed by atoms with van der Waals surface area (Å²) in [6, 6.07) is 6.35. The minimum atomic E-state index is -3.65. The van der Waals surface area contributed by atoms with E-state index in [1.807, 2.05) is 0 Å². The summed E-state index contributed by atoms with van der Waals surface area (Å²) in [6.45, 7) is 6.39. The van der Waals surface area contributed by atoms with Crippen LogP contribution in [0.1, 0.15) is 20.8 Å². The summed E-state index contributed by atoms with van der Waals surface area (Å²) in [6.07, 6.45) is -0.424. The SMILES string of the molecule is CC(C)(C)OC(=O)N1CCN(S(=O)(=O)c2ccccc2Cl)CC1. The van der Waals surface area contributed by atoms with Gasteiger partial charge in [-0.15, -0.1) is 0 Å². The van der Waals surface area contributed by atoms with E-state index in [-0.39, 0.29) is 23.0 Å². The zero-order valence-corrected chi connectivity index (χ0v) is 15.0. The molecule has 1 saturated heterocycles. The van der Waals surface area contributed by atoms with Crippen LogP contribution in [0.3, 0.4) is 0 Å². The number of piperazine rings is 1. The molecule has 23 heavy (non-hydrogen) atoms. The van der Waals surface area contributed by atoms with Crippen molar-refractivity contribution >= 4 is 27.7 Å². The van der Waals surface area contributed by atoms with E-state index >= 15 is 0 Å². The average molecular weight is 361 g/mol. The Bertz CT molecular complexity index is 677. The number of amides is 1. The topological polar surface area (TPSA) is 66.9 Å². The largest absolute Gasteiger partial charge is 0.444 e. The third-order valence-electron chi connectivity index (χ3n) is 3.34. The van der Waals surface area contributed by atoms with E-state index in [0.29, 0.717) is 13.1 Å². The van der Waals surface area contributed by atoms with Crippen LogP contribution in [0, 0.1) is 0 Å². The molecule has 2 rings (SSSR count). The van der Waals surface area contributed by atoms with Gasteiger partial charge in [0.1, 0.15) is 10.5 Å². The van der Waals surface area contributed by atoms with Gasteiger partial charge in [0.15, 0.2) is 0 Å². The fourth-order valence-corrected chi connectivity index (χ4v) is 4.15. The lowest BCUT2D eigenvalue weighted by Crippen LogP contribution is -2.51. The maximum absolute atomic E-state index is 12.6. The zero-order chi connectivity index (χ0) is 17.3. The summed E-state index contributed by atoms with van der Waals surface area (Å²) in [5, 5.41) is 0.196. The van der Waals surface area contributed by atoms with Crippen LogP contribution >= 0.6 is 11.6 Å². The van der Waals surface area contributed by atoms with Crippen LogP contribution in [0.4, 0.5) is 4.79 Å². The molecule has 128 valence electrons. The first-order chi connectivity index (χ1) is 10.6. The highest BCUT2D eigenvalue weighted by Crippen LogP contribution is 2.25. The van der Waals surface area contributed by atoms with Crippen molar-refractivity contribution in [2.75, 3.05) is 26.2 Å². The van der Waals surface area contributed by atoms with Crippen molar-refractivity contribution in [1.29, 1.82) is 0 Å². The number of halogens is 1. The number of nitrogens with zero attached hydrogens (tertiary/aromatic N) is 2. The monoisotopic (exact) mass is 360 g/mol. The summed E-state index contributed by atoms with van der Waals surface area (Å²) in [5.41, 5.74) is -0.572. The number of hydrogen-bond donors (Lipinski definition) is 0. The van der Waals surface area contributed by atoms with Gasteiger partial charge in [-0.05, 0) is 32.9 Å². The Morgan fingerprint density at radius 2 is 1.70 bits per heavy atom. The maximum atomic E-state index is 12.6. The summed E-state index contributed by atoms with van der Waals surface area (Å²) in [7, 11) is -3.65. The van der Waals surface area contributed by atoms with Crippen molar-refractivity contribution in [3.8, 4) is 0 Å². The van der Waals surface area contributed by atoms with Gasteiger partial charge < -0.3 is 9.64 Å². The minimum absolute atomic E-state index is 0.0902. The number of carbonyl (C=O) groups excluding carboxylic acids is 1. The van der Waals surface area contributed by atoms with Crippen molar-refractivity contribution in [1.82, 2.24) is 9.21 Å². The molecule has 0 bridgehead atoms. The van der Waals surface area contributed by atoms with Gasteiger partial charge >= 0.3 is 6.09 Å². The number of sulfonamides is 1. The Labute approximate surface area is 142 Å². The lowest BCUT2D eigenvalue weighted by molar-refractivity contribution is 0.0192. The van der Waals surface area contributed by atoms with Crippen LogP contribution in [0.25, 0.3) is 0 Å². The van der Waals surface area contributed by atoms with Gasteiger partial charge in [-0.2, -0.15) is 4.31 Å². The third kappa shape index (κ3) is 4.37. The fourth-order valence-electron chi connectivity index (χ4n) is 2.23. The van der Waals surface area contributed by atoms with Gasteiger partial charge in [-0.1, -0.05) is 23.7 Å². The third-order valence-corrected chi connectivity index (χ3v) is 5.74. The Morgan fingerprint density at radius 3 is 2.22 bits per heavy atom. The summed E-state index contributed by atoms with van der Waals surface area (Å²) in [5.74, 6) is 0. The molecular formula is C15H21ClN2O4S. The lowest BCUT2D eigenvalue weighted by atomic mass is 10.2. The van der Waals surface area contributed by atoms with E-state index in [0.717, 1.165) is 0 Å². The molecule has 6 nitrogen and oxygen atoms in total. The number of ether oxygens (including phenoxy) is 1. The summed E-state index contributed by atoms with van der Waals surface area (Å²) < 4.78 is 31.9. The lowest BCUT2D eigenvalue weighted by Gasteiger charge is -2.35. The van der Waals surface area contributed by atoms with E-state index in [1.54, 1.807) is 39.0 Å². The Kier molecular flexibility index (Phi) is 5.23. The first-order valence-electron chi connectivity index (χ1n) is 7.34. The second kappa shape index (κ2) is 6.67. The van der Waals surface area contributed by atoms with Crippen LogP contribution < -0.4 is 0 Å². The Morgan fingerprint density at radius 1 is 1.13 bits per heavy atom. The number of benzene rings is 1. The van der Waals surface area contributed by atoms with Gasteiger partial charge in [0.25, 0.3) is 0 Å². The van der Waals surface area contributed by atoms with Crippen molar-refractivity contribution in [3.05, 3.63) is 29.3 Å². The number of carbonyl (C=O) groups is 1. The molecule has 1 amide bonds. The van der Waals surface area contributed by atoms with Crippen LogP contribution in [0.5, 0.6) is 0 Å². The molecule has 1 fully saturated rings. The summed E-state index contributed by atoms with van der Waals surface area (Å²) >= 11 is 5.99. The first-order valence-corrected chi connectivity index (χ1v) is 9.16. The van der Waals surface area contributed by atoms with Crippen LogP contribution in [-0.4, -0.2) is 55.5 Å². The molecule has 1 heterocycles. The van der Waals surface area contributed by atoms with Gasteiger partial charge in [0.2, 0.25) is 10.0 Å². The highest BCUT2D eigenvalue weighted by molar-refractivity contribution is 7.89. The molecule has 0 atom stereocenters. The van der Waals surface area contributed by atoms with E-state index in [4.69, 9.17) is 16.3 Å². The van der Waals surface area contributed by atoms with Crippen molar-refractivity contribution in [2.45, 2.75) is 31.3 Å². The second-order valence-electron chi connectivity index (χ2n) is 6.30. The normalized spacial score (nSPS) is 17.1. The standard InChI is InChI=1S/C15H21ClN2O4S/c1-15(2,3)22-14(19)17-8-10-18(11-9-17)23(20,21)13-7-5-4-6-12(13)16/h4-7H,8-11H2,1-3H3. The minimum Gasteiger partial charge on any atom is -0.444 e. The average Bonchev–Trinajstić information content (AvgIpc) is 2.46. The van der Waals surface area contributed by atoms with E-state index in [9.17, 15) is 13.2 Å². The highest BCUT2D eigenvalue weighted by atomic mass is 35.5. The Hall–Kier alpha value is -1.31. The molecule has 0 aromatic heterocycles. The molecule has 8 heteroatoms. The number of rotatable bonds is 2. The van der Waals surface area contributed by atoms with Gasteiger partial charge in [-0.3, -0.25) is 0 Å². The molecule has 0 spiro atoms. The molecule has 1 aliphatic heterocycles. The predicted molar refractivity (Wildman–Crippen MR) is 88.0 cm³/mol. The molecule has 1 aromatic rings. The van der Waals surface area contributed by atoms with Gasteiger partial charge in [-0.25, -0.2) is 13.2 Å². The van der Waals surface area contributed by atoms with Gasteiger partial charge in [0, 0.05) is 26.2 Å². The van der Waals surface area contributed by atoms with Crippen molar-refractivity contribution in [3.63, 3.8) is 0 Å². The molecular weight excluding hydrogens is 340 g/mol. The van der Waals surface area contributed by atoms with Gasteiger partial charge in [0.05, 0.1) is 5.02 Å². The quantitative estimate of drug-likeness (QED) is 0.813. The van der Waals surface area contributed by atoms with E-state index in [2.05, 4.69) is 0 Å². The molecule has 0 aliphatic carbocycles. The van der Waals surface area contributed by atoms with Crippen LogP contribution in [-0.2, 0) is 14.8 Å². The highest BCUT2D eigenvalue weighted by Gasteiger charge is 2.32. The molecule has 1 aromatic carbocycles.